The number of nitrogen functional groups attached to an aromatic ring is 1. The van der Waals surface area contributed by atoms with Crippen LogP contribution < -0.4 is 11.3 Å². The zero-order chi connectivity index (χ0) is 12.4. The molecule has 4 nitrogen and oxygen atoms in total. The molecule has 2 rings (SSSR count). The molecule has 0 saturated carbocycles. The number of hydrogen-bond donors (Lipinski definition) is 1. The van der Waals surface area contributed by atoms with Gasteiger partial charge in [-0.1, -0.05) is 11.6 Å². The molecule has 0 spiro atoms. The SMILES string of the molecule is Nc1ccc(Cl)c(Cn2cncc(I)c2=O)c1. The lowest BCUT2D eigenvalue weighted by atomic mass is 10.2. The summed E-state index contributed by atoms with van der Waals surface area (Å²) in [6.45, 7) is 0.368. The molecule has 0 aliphatic heterocycles. The molecular weight excluding hydrogens is 352 g/mol. The Labute approximate surface area is 117 Å². The van der Waals surface area contributed by atoms with Crippen LogP contribution in [0.2, 0.25) is 5.02 Å². The third kappa shape index (κ3) is 2.78. The molecule has 0 saturated heterocycles. The Morgan fingerprint density at radius 3 is 3.00 bits per heavy atom. The van der Waals surface area contributed by atoms with Crippen LogP contribution in [0.15, 0.2) is 35.5 Å². The molecule has 17 heavy (non-hydrogen) atoms. The van der Waals surface area contributed by atoms with Gasteiger partial charge in [-0.15, -0.1) is 0 Å². The van der Waals surface area contributed by atoms with E-state index in [0.717, 1.165) is 5.56 Å². The molecule has 2 aromatic rings. The largest absolute Gasteiger partial charge is 0.399 e. The normalized spacial score (nSPS) is 10.5. The summed E-state index contributed by atoms with van der Waals surface area (Å²) in [5.41, 5.74) is 7.03. The van der Waals surface area contributed by atoms with Gasteiger partial charge in [0.05, 0.1) is 16.4 Å². The number of aromatic nitrogens is 2. The Kier molecular flexibility index (Phi) is 3.68. The Balaban J connectivity index is 2.41. The smallest absolute Gasteiger partial charge is 0.267 e. The van der Waals surface area contributed by atoms with Gasteiger partial charge in [-0.2, -0.15) is 0 Å². The van der Waals surface area contributed by atoms with E-state index in [9.17, 15) is 4.79 Å². The van der Waals surface area contributed by atoms with Crippen LogP contribution in [-0.2, 0) is 6.54 Å². The van der Waals surface area contributed by atoms with Crippen molar-refractivity contribution in [3.63, 3.8) is 0 Å². The summed E-state index contributed by atoms with van der Waals surface area (Å²) in [7, 11) is 0. The predicted molar refractivity (Wildman–Crippen MR) is 76.2 cm³/mol. The molecular formula is C11H9ClIN3O. The molecule has 0 bridgehead atoms. The lowest BCUT2D eigenvalue weighted by molar-refractivity contribution is 0.730. The zero-order valence-electron chi connectivity index (χ0n) is 8.73. The van der Waals surface area contributed by atoms with E-state index in [1.807, 2.05) is 22.6 Å². The van der Waals surface area contributed by atoms with Gasteiger partial charge in [-0.25, -0.2) is 4.98 Å². The molecule has 1 aromatic carbocycles. The maximum atomic E-state index is 11.8. The second-order valence-corrected chi connectivity index (χ2v) is 5.09. The third-order valence-electron chi connectivity index (χ3n) is 2.27. The Morgan fingerprint density at radius 2 is 2.24 bits per heavy atom. The van der Waals surface area contributed by atoms with Crippen LogP contribution in [-0.4, -0.2) is 9.55 Å². The standard InChI is InChI=1S/C11H9ClIN3O/c12-9-2-1-8(14)3-7(9)5-16-6-15-4-10(13)11(16)17/h1-4,6H,5,14H2. The van der Waals surface area contributed by atoms with E-state index in [1.54, 1.807) is 18.2 Å². The topological polar surface area (TPSA) is 60.9 Å². The highest BCUT2D eigenvalue weighted by atomic mass is 127. The highest BCUT2D eigenvalue weighted by Crippen LogP contribution is 2.19. The summed E-state index contributed by atoms with van der Waals surface area (Å²) in [5, 5.41) is 0.588. The Hall–Kier alpha value is -1.08. The minimum atomic E-state index is -0.0842. The van der Waals surface area contributed by atoms with Crippen molar-refractivity contribution in [1.29, 1.82) is 0 Å². The average Bonchev–Trinajstić information content (AvgIpc) is 2.30. The fourth-order valence-electron chi connectivity index (χ4n) is 1.44. The summed E-state index contributed by atoms with van der Waals surface area (Å²) >= 11 is 8.00. The van der Waals surface area contributed by atoms with E-state index in [-0.39, 0.29) is 5.56 Å². The zero-order valence-corrected chi connectivity index (χ0v) is 11.6. The Bertz CT molecular complexity index is 612. The third-order valence-corrected chi connectivity index (χ3v) is 3.38. The van der Waals surface area contributed by atoms with Crippen molar-refractivity contribution in [2.75, 3.05) is 5.73 Å². The van der Waals surface area contributed by atoms with Crippen molar-refractivity contribution >= 4 is 39.9 Å². The second-order valence-electron chi connectivity index (χ2n) is 3.53. The molecule has 0 atom stereocenters. The quantitative estimate of drug-likeness (QED) is 0.658. The average molecular weight is 362 g/mol. The number of anilines is 1. The molecule has 0 radical (unpaired) electrons. The van der Waals surface area contributed by atoms with Crippen molar-refractivity contribution in [3.8, 4) is 0 Å². The summed E-state index contributed by atoms with van der Waals surface area (Å²) in [6.07, 6.45) is 3.02. The molecule has 0 amide bonds. The van der Waals surface area contributed by atoms with Gasteiger partial charge < -0.3 is 5.73 Å². The molecule has 88 valence electrons. The van der Waals surface area contributed by atoms with Gasteiger partial charge >= 0.3 is 0 Å². The van der Waals surface area contributed by atoms with Crippen LogP contribution in [0.4, 0.5) is 5.69 Å². The van der Waals surface area contributed by atoms with Gasteiger partial charge in [-0.05, 0) is 46.4 Å². The highest BCUT2D eigenvalue weighted by Gasteiger charge is 2.05. The van der Waals surface area contributed by atoms with E-state index in [2.05, 4.69) is 4.98 Å². The van der Waals surface area contributed by atoms with Crippen molar-refractivity contribution in [2.45, 2.75) is 6.54 Å². The van der Waals surface area contributed by atoms with E-state index in [0.29, 0.717) is 20.8 Å². The molecule has 2 N–H and O–H groups in total. The number of nitrogens with zero attached hydrogens (tertiary/aromatic N) is 2. The first-order valence-corrected chi connectivity index (χ1v) is 6.27. The molecule has 1 aromatic heterocycles. The number of rotatable bonds is 2. The summed E-state index contributed by atoms with van der Waals surface area (Å²) in [5.74, 6) is 0. The maximum Gasteiger partial charge on any atom is 0.267 e. The number of halogens is 2. The first-order valence-electron chi connectivity index (χ1n) is 4.82. The highest BCUT2D eigenvalue weighted by molar-refractivity contribution is 14.1. The van der Waals surface area contributed by atoms with Crippen LogP contribution in [0.25, 0.3) is 0 Å². The van der Waals surface area contributed by atoms with Crippen molar-refractivity contribution < 1.29 is 0 Å². The van der Waals surface area contributed by atoms with Gasteiger partial charge in [0.1, 0.15) is 0 Å². The van der Waals surface area contributed by atoms with Crippen LogP contribution in [0.1, 0.15) is 5.56 Å². The van der Waals surface area contributed by atoms with E-state index >= 15 is 0 Å². The van der Waals surface area contributed by atoms with Crippen LogP contribution in [0.5, 0.6) is 0 Å². The lowest BCUT2D eigenvalue weighted by Gasteiger charge is -2.08. The van der Waals surface area contributed by atoms with Gasteiger partial charge in [0.15, 0.2) is 0 Å². The van der Waals surface area contributed by atoms with E-state index in [1.165, 1.54) is 17.1 Å². The van der Waals surface area contributed by atoms with Crippen LogP contribution in [0, 0.1) is 3.57 Å². The molecule has 1 heterocycles. The molecule has 0 fully saturated rings. The monoisotopic (exact) mass is 361 g/mol. The van der Waals surface area contributed by atoms with E-state index in [4.69, 9.17) is 17.3 Å². The predicted octanol–water partition coefficient (Wildman–Crippen LogP) is 2.13. The minimum absolute atomic E-state index is 0.0842. The first-order chi connectivity index (χ1) is 8.08. The van der Waals surface area contributed by atoms with Gasteiger partial charge in [0.25, 0.3) is 5.56 Å². The van der Waals surface area contributed by atoms with Gasteiger partial charge in [-0.3, -0.25) is 9.36 Å². The van der Waals surface area contributed by atoms with Gasteiger partial charge in [0, 0.05) is 16.9 Å². The Morgan fingerprint density at radius 1 is 1.47 bits per heavy atom. The number of hydrogen-bond acceptors (Lipinski definition) is 3. The summed E-state index contributed by atoms with van der Waals surface area (Å²) < 4.78 is 2.08. The molecule has 0 aliphatic rings. The fourth-order valence-corrected chi connectivity index (χ4v) is 2.08. The van der Waals surface area contributed by atoms with Gasteiger partial charge in [0.2, 0.25) is 0 Å². The molecule has 6 heteroatoms. The van der Waals surface area contributed by atoms with Crippen LogP contribution >= 0.6 is 34.2 Å². The number of benzene rings is 1. The van der Waals surface area contributed by atoms with Crippen LogP contribution in [0.3, 0.4) is 0 Å². The lowest BCUT2D eigenvalue weighted by Crippen LogP contribution is -2.23. The summed E-state index contributed by atoms with van der Waals surface area (Å²) in [4.78, 5) is 15.8. The fraction of sp³-hybridized carbons (Fsp3) is 0.0909. The van der Waals surface area contributed by atoms with Crippen molar-refractivity contribution in [3.05, 3.63) is 55.2 Å². The summed E-state index contributed by atoms with van der Waals surface area (Å²) in [6, 6.07) is 5.20. The van der Waals surface area contributed by atoms with Crippen molar-refractivity contribution in [1.82, 2.24) is 9.55 Å². The molecule has 0 aliphatic carbocycles. The minimum Gasteiger partial charge on any atom is -0.399 e. The molecule has 0 unspecified atom stereocenters. The maximum absolute atomic E-state index is 11.8. The number of nitrogens with two attached hydrogens (primary N) is 1. The van der Waals surface area contributed by atoms with E-state index < -0.39 is 0 Å². The van der Waals surface area contributed by atoms with Crippen molar-refractivity contribution in [2.24, 2.45) is 0 Å². The first kappa shape index (κ1) is 12.4. The second kappa shape index (κ2) is 5.05.